The second-order valence-corrected chi connectivity index (χ2v) is 4.13. The van der Waals surface area contributed by atoms with Gasteiger partial charge in [-0.2, -0.15) is 0 Å². The molecule has 18 heavy (non-hydrogen) atoms. The molecule has 0 fully saturated rings. The number of fused-ring (bicyclic) bond motifs is 1. The Morgan fingerprint density at radius 2 is 2.28 bits per heavy atom. The second-order valence-electron chi connectivity index (χ2n) is 4.13. The number of aryl methyl sites for hydroxylation is 1. The molecule has 1 heterocycles. The van der Waals surface area contributed by atoms with Gasteiger partial charge in [0.05, 0.1) is 19.2 Å². The van der Waals surface area contributed by atoms with Crippen LogP contribution in [0.15, 0.2) is 18.2 Å². The van der Waals surface area contributed by atoms with E-state index >= 15 is 0 Å². The Bertz CT molecular complexity index is 484. The molecule has 1 aromatic carbocycles. The number of amides is 1. The van der Waals surface area contributed by atoms with Crippen molar-refractivity contribution in [3.8, 4) is 5.75 Å². The molecule has 1 aliphatic rings. The van der Waals surface area contributed by atoms with E-state index in [-0.39, 0.29) is 24.9 Å². The molecule has 0 unspecified atom stereocenters. The highest BCUT2D eigenvalue weighted by Crippen LogP contribution is 2.32. The van der Waals surface area contributed by atoms with Crippen LogP contribution in [0.1, 0.15) is 12.0 Å². The summed E-state index contributed by atoms with van der Waals surface area (Å²) in [7, 11) is 1.33. The van der Waals surface area contributed by atoms with Crippen molar-refractivity contribution >= 4 is 17.6 Å². The number of hydrogen-bond acceptors (Lipinski definition) is 4. The highest BCUT2D eigenvalue weighted by atomic mass is 16.5. The average Bonchev–Trinajstić information content (AvgIpc) is 2.37. The Morgan fingerprint density at radius 3 is 3.00 bits per heavy atom. The lowest BCUT2D eigenvalue weighted by molar-refractivity contribution is -0.140. The first kappa shape index (κ1) is 12.4. The van der Waals surface area contributed by atoms with E-state index in [0.717, 1.165) is 11.3 Å². The summed E-state index contributed by atoms with van der Waals surface area (Å²) in [5, 5.41) is 0. The number of ether oxygens (including phenoxy) is 2. The molecule has 1 aliphatic heterocycles. The van der Waals surface area contributed by atoms with Crippen LogP contribution in [0.5, 0.6) is 5.75 Å². The topological polar surface area (TPSA) is 55.8 Å². The van der Waals surface area contributed by atoms with Crippen molar-refractivity contribution in [2.45, 2.75) is 13.3 Å². The van der Waals surface area contributed by atoms with Crippen LogP contribution in [0.3, 0.4) is 0 Å². The number of benzene rings is 1. The van der Waals surface area contributed by atoms with Gasteiger partial charge in [0.15, 0.2) is 6.61 Å². The molecule has 96 valence electrons. The van der Waals surface area contributed by atoms with Crippen LogP contribution in [-0.2, 0) is 14.3 Å². The number of rotatable bonds is 3. The fraction of sp³-hybridized carbons (Fsp3) is 0.385. The van der Waals surface area contributed by atoms with Crippen molar-refractivity contribution in [3.63, 3.8) is 0 Å². The van der Waals surface area contributed by atoms with Crippen LogP contribution in [0.2, 0.25) is 0 Å². The van der Waals surface area contributed by atoms with Crippen molar-refractivity contribution in [1.29, 1.82) is 0 Å². The molecule has 0 bridgehead atoms. The number of nitrogens with zero attached hydrogens (tertiary/aromatic N) is 1. The van der Waals surface area contributed by atoms with Crippen molar-refractivity contribution in [2.24, 2.45) is 0 Å². The summed E-state index contributed by atoms with van der Waals surface area (Å²) in [6.45, 7) is 2.26. The lowest BCUT2D eigenvalue weighted by Gasteiger charge is -2.29. The summed E-state index contributed by atoms with van der Waals surface area (Å²) < 4.78 is 9.93. The zero-order chi connectivity index (χ0) is 13.1. The minimum absolute atomic E-state index is 0.0111. The van der Waals surface area contributed by atoms with Crippen LogP contribution in [0.25, 0.3) is 0 Å². The Labute approximate surface area is 105 Å². The zero-order valence-electron chi connectivity index (χ0n) is 10.4. The SMILES string of the molecule is COC(=O)CCN1C(=O)COc2ccc(C)cc21. The van der Waals surface area contributed by atoms with Gasteiger partial charge in [0.1, 0.15) is 5.75 Å². The van der Waals surface area contributed by atoms with E-state index in [0.29, 0.717) is 12.3 Å². The number of esters is 1. The maximum absolute atomic E-state index is 11.8. The molecule has 0 saturated carbocycles. The van der Waals surface area contributed by atoms with Gasteiger partial charge in [-0.25, -0.2) is 0 Å². The Kier molecular flexibility index (Phi) is 3.50. The Morgan fingerprint density at radius 1 is 1.50 bits per heavy atom. The monoisotopic (exact) mass is 249 g/mol. The van der Waals surface area contributed by atoms with Crippen LogP contribution in [-0.4, -0.2) is 32.1 Å². The van der Waals surface area contributed by atoms with E-state index in [4.69, 9.17) is 4.74 Å². The van der Waals surface area contributed by atoms with Crippen molar-refractivity contribution in [1.82, 2.24) is 0 Å². The highest BCUT2D eigenvalue weighted by Gasteiger charge is 2.25. The molecule has 5 nitrogen and oxygen atoms in total. The minimum Gasteiger partial charge on any atom is -0.482 e. The van der Waals surface area contributed by atoms with Gasteiger partial charge < -0.3 is 14.4 Å². The predicted molar refractivity (Wildman–Crippen MR) is 65.7 cm³/mol. The van der Waals surface area contributed by atoms with Crippen LogP contribution in [0.4, 0.5) is 5.69 Å². The molecule has 2 rings (SSSR count). The summed E-state index contributed by atoms with van der Waals surface area (Å²) in [5.41, 5.74) is 1.75. The van der Waals surface area contributed by atoms with E-state index in [1.54, 1.807) is 4.90 Å². The first-order valence-electron chi connectivity index (χ1n) is 5.72. The lowest BCUT2D eigenvalue weighted by Crippen LogP contribution is -2.40. The van der Waals surface area contributed by atoms with Gasteiger partial charge in [0, 0.05) is 6.54 Å². The molecular weight excluding hydrogens is 234 g/mol. The van der Waals surface area contributed by atoms with Crippen molar-refractivity contribution in [2.75, 3.05) is 25.2 Å². The van der Waals surface area contributed by atoms with Gasteiger partial charge in [-0.05, 0) is 24.6 Å². The third-order valence-electron chi connectivity index (χ3n) is 2.82. The smallest absolute Gasteiger partial charge is 0.307 e. The number of carbonyl (C=O) groups excluding carboxylic acids is 2. The van der Waals surface area contributed by atoms with E-state index in [1.807, 2.05) is 25.1 Å². The minimum atomic E-state index is -0.330. The molecule has 0 radical (unpaired) electrons. The van der Waals surface area contributed by atoms with E-state index in [1.165, 1.54) is 7.11 Å². The lowest BCUT2D eigenvalue weighted by atomic mass is 10.1. The largest absolute Gasteiger partial charge is 0.482 e. The molecule has 5 heteroatoms. The van der Waals surface area contributed by atoms with E-state index < -0.39 is 0 Å². The molecule has 1 amide bonds. The predicted octanol–water partition coefficient (Wildman–Crippen LogP) is 1.28. The summed E-state index contributed by atoms with van der Waals surface area (Å²) in [5.74, 6) is 0.200. The van der Waals surface area contributed by atoms with Gasteiger partial charge in [-0.15, -0.1) is 0 Å². The third-order valence-corrected chi connectivity index (χ3v) is 2.82. The molecule has 0 aromatic heterocycles. The van der Waals surface area contributed by atoms with Gasteiger partial charge in [0.25, 0.3) is 5.91 Å². The number of methoxy groups -OCH3 is 1. The molecule has 0 saturated heterocycles. The standard InChI is InChI=1S/C13H15NO4/c1-9-3-4-11-10(7-9)14(12(15)8-18-11)6-5-13(16)17-2/h3-4,7H,5-6,8H2,1-2H3. The second kappa shape index (κ2) is 5.08. The maximum atomic E-state index is 11.8. The van der Waals surface area contributed by atoms with Crippen LogP contribution >= 0.6 is 0 Å². The molecule has 0 atom stereocenters. The van der Waals surface area contributed by atoms with Gasteiger partial charge >= 0.3 is 5.97 Å². The number of hydrogen-bond donors (Lipinski definition) is 0. The normalized spacial score (nSPS) is 13.9. The average molecular weight is 249 g/mol. The fourth-order valence-electron chi connectivity index (χ4n) is 1.86. The van der Waals surface area contributed by atoms with Crippen molar-refractivity contribution < 1.29 is 19.1 Å². The first-order valence-corrected chi connectivity index (χ1v) is 5.72. The van der Waals surface area contributed by atoms with Gasteiger partial charge in [-0.1, -0.05) is 6.07 Å². The Balaban J connectivity index is 2.21. The molecule has 0 aliphatic carbocycles. The molecular formula is C13H15NO4. The van der Waals surface area contributed by atoms with Crippen LogP contribution in [0, 0.1) is 6.92 Å². The fourth-order valence-corrected chi connectivity index (χ4v) is 1.86. The molecule has 1 aromatic rings. The third kappa shape index (κ3) is 2.45. The highest BCUT2D eigenvalue weighted by molar-refractivity contribution is 5.98. The Hall–Kier alpha value is -2.04. The number of anilines is 1. The van der Waals surface area contributed by atoms with Crippen LogP contribution < -0.4 is 9.64 Å². The maximum Gasteiger partial charge on any atom is 0.307 e. The quantitative estimate of drug-likeness (QED) is 0.757. The number of carbonyl (C=O) groups is 2. The summed E-state index contributed by atoms with van der Waals surface area (Å²) in [6, 6.07) is 5.64. The summed E-state index contributed by atoms with van der Waals surface area (Å²) >= 11 is 0. The molecule has 0 N–H and O–H groups in total. The summed E-state index contributed by atoms with van der Waals surface area (Å²) in [4.78, 5) is 24.5. The summed E-state index contributed by atoms with van der Waals surface area (Å²) in [6.07, 6.45) is 0.176. The van der Waals surface area contributed by atoms with E-state index in [9.17, 15) is 9.59 Å². The van der Waals surface area contributed by atoms with Gasteiger partial charge in [0.2, 0.25) is 0 Å². The first-order chi connectivity index (χ1) is 8.61. The van der Waals surface area contributed by atoms with Gasteiger partial charge in [-0.3, -0.25) is 9.59 Å². The molecule has 0 spiro atoms. The zero-order valence-corrected chi connectivity index (χ0v) is 10.4. The van der Waals surface area contributed by atoms with Crippen molar-refractivity contribution in [3.05, 3.63) is 23.8 Å². The van der Waals surface area contributed by atoms with E-state index in [2.05, 4.69) is 4.74 Å².